The molecule has 1 aliphatic carbocycles. The molecule has 1 aromatic carbocycles. The molecule has 0 bridgehead atoms. The summed E-state index contributed by atoms with van der Waals surface area (Å²) in [4.78, 5) is 28.4. The van der Waals surface area contributed by atoms with Crippen LogP contribution in [0, 0.1) is 3.57 Å². The van der Waals surface area contributed by atoms with Crippen LogP contribution in [0.15, 0.2) is 30.6 Å². The average molecular weight is 520 g/mol. The summed E-state index contributed by atoms with van der Waals surface area (Å²) in [6.07, 6.45) is 3.87. The summed E-state index contributed by atoms with van der Waals surface area (Å²) in [5.41, 5.74) is 9.43. The number of urea groups is 1. The molecule has 1 fully saturated rings. The number of aryl methyl sites for hydroxylation is 1. The van der Waals surface area contributed by atoms with Crippen LogP contribution in [-0.2, 0) is 13.0 Å². The zero-order valence-corrected chi connectivity index (χ0v) is 19.6. The molecule has 2 aliphatic rings. The summed E-state index contributed by atoms with van der Waals surface area (Å²) in [5, 5.41) is 0. The van der Waals surface area contributed by atoms with Gasteiger partial charge in [0.2, 0.25) is 0 Å². The van der Waals surface area contributed by atoms with Gasteiger partial charge in [-0.1, -0.05) is 19.1 Å². The minimum atomic E-state index is 0.0694. The highest BCUT2D eigenvalue weighted by molar-refractivity contribution is 14.1. The van der Waals surface area contributed by atoms with Gasteiger partial charge in [-0.15, -0.1) is 0 Å². The number of carbonyl (C=O) groups excluding carboxylic acids is 1. The van der Waals surface area contributed by atoms with E-state index in [0.29, 0.717) is 38.6 Å². The Hall–Kier alpha value is -1.94. The Bertz CT molecular complexity index is 882. The summed E-state index contributed by atoms with van der Waals surface area (Å²) in [6.45, 7) is 6.84. The van der Waals surface area contributed by atoms with Crippen molar-refractivity contribution in [3.63, 3.8) is 0 Å². The normalized spacial score (nSPS) is 18.4. The highest BCUT2D eigenvalue weighted by Gasteiger charge is 2.30. The second-order valence-corrected chi connectivity index (χ2v) is 9.34. The monoisotopic (exact) mass is 520 g/mol. The quantitative estimate of drug-likeness (QED) is 0.614. The van der Waals surface area contributed by atoms with Gasteiger partial charge in [0.25, 0.3) is 0 Å². The molecule has 160 valence electrons. The average Bonchev–Trinajstić information content (AvgIpc) is 3.16. The summed E-state index contributed by atoms with van der Waals surface area (Å²) in [5.74, 6) is 1.57. The predicted octanol–water partition coefficient (Wildman–Crippen LogP) is 2.83. The van der Waals surface area contributed by atoms with Gasteiger partial charge in [0.1, 0.15) is 12.1 Å². The third-order valence-electron chi connectivity index (χ3n) is 6.06. The number of fused-ring (bicyclic) bond motifs is 1. The molecule has 2 N–H and O–H groups in total. The van der Waals surface area contributed by atoms with E-state index >= 15 is 0 Å². The Morgan fingerprint density at radius 2 is 1.93 bits per heavy atom. The molecule has 1 aliphatic heterocycles. The first kappa shape index (κ1) is 21.3. The zero-order valence-electron chi connectivity index (χ0n) is 17.4. The molecule has 2 aromatic rings. The maximum atomic E-state index is 13.2. The Labute approximate surface area is 191 Å². The largest absolute Gasteiger partial charge is 0.353 e. The number of hydrogen-bond donors (Lipinski definition) is 1. The van der Waals surface area contributed by atoms with E-state index in [1.807, 2.05) is 9.80 Å². The predicted molar refractivity (Wildman–Crippen MR) is 127 cm³/mol. The van der Waals surface area contributed by atoms with Crippen LogP contribution in [0.2, 0.25) is 0 Å². The van der Waals surface area contributed by atoms with Crippen molar-refractivity contribution < 1.29 is 4.79 Å². The number of hydrogen-bond acceptors (Lipinski definition) is 5. The molecular weight excluding hydrogens is 491 g/mol. The molecule has 0 radical (unpaired) electrons. The van der Waals surface area contributed by atoms with Crippen molar-refractivity contribution in [2.24, 2.45) is 5.73 Å². The molecule has 1 atom stereocenters. The Balaban J connectivity index is 1.41. The molecule has 30 heavy (non-hydrogen) atoms. The van der Waals surface area contributed by atoms with E-state index in [1.54, 1.807) is 6.33 Å². The fourth-order valence-electron chi connectivity index (χ4n) is 4.39. The first-order valence-corrected chi connectivity index (χ1v) is 11.7. The van der Waals surface area contributed by atoms with Gasteiger partial charge in [0.15, 0.2) is 0 Å². The zero-order chi connectivity index (χ0) is 21.1. The van der Waals surface area contributed by atoms with Crippen LogP contribution in [0.5, 0.6) is 0 Å². The van der Waals surface area contributed by atoms with Crippen LogP contribution in [0.3, 0.4) is 0 Å². The number of benzene rings is 1. The lowest BCUT2D eigenvalue weighted by atomic mass is 10.1. The molecule has 0 spiro atoms. The lowest BCUT2D eigenvalue weighted by Gasteiger charge is -2.38. The van der Waals surface area contributed by atoms with E-state index in [4.69, 9.17) is 5.73 Å². The first-order chi connectivity index (χ1) is 14.6. The van der Waals surface area contributed by atoms with Crippen molar-refractivity contribution >= 4 is 34.4 Å². The van der Waals surface area contributed by atoms with Crippen LogP contribution in [0.25, 0.3) is 0 Å². The molecule has 1 unspecified atom stereocenters. The van der Waals surface area contributed by atoms with Crippen LogP contribution in [0.1, 0.15) is 36.1 Å². The number of anilines is 1. The van der Waals surface area contributed by atoms with Crippen molar-refractivity contribution in [2.45, 2.75) is 32.2 Å². The summed E-state index contributed by atoms with van der Waals surface area (Å²) < 4.78 is 1.19. The summed E-state index contributed by atoms with van der Waals surface area (Å²) in [6, 6.07) is 8.36. The van der Waals surface area contributed by atoms with Gasteiger partial charge in [-0.25, -0.2) is 14.8 Å². The number of carbonyl (C=O) groups is 1. The van der Waals surface area contributed by atoms with Crippen molar-refractivity contribution in [3.8, 4) is 0 Å². The standard InChI is InChI=1S/C22H29IN6O/c1-16-2-7-19-20(16)21(26-15-25-19)27-10-12-28(13-11-27)22(30)29(9-8-24)14-17-3-5-18(23)6-4-17/h3-6,15-16H,2,7-14,24H2,1H3. The molecule has 7 nitrogen and oxygen atoms in total. The number of nitrogens with two attached hydrogens (primary N) is 1. The fraction of sp³-hybridized carbons (Fsp3) is 0.500. The summed E-state index contributed by atoms with van der Waals surface area (Å²) >= 11 is 2.29. The minimum Gasteiger partial charge on any atom is -0.353 e. The third-order valence-corrected chi connectivity index (χ3v) is 6.78. The molecule has 1 saturated heterocycles. The van der Waals surface area contributed by atoms with Crippen LogP contribution < -0.4 is 10.6 Å². The van der Waals surface area contributed by atoms with Crippen molar-refractivity contribution in [2.75, 3.05) is 44.2 Å². The van der Waals surface area contributed by atoms with E-state index in [-0.39, 0.29) is 6.03 Å². The summed E-state index contributed by atoms with van der Waals surface area (Å²) in [7, 11) is 0. The van der Waals surface area contributed by atoms with Gasteiger partial charge in [-0.3, -0.25) is 0 Å². The van der Waals surface area contributed by atoms with Crippen LogP contribution in [-0.4, -0.2) is 65.1 Å². The Morgan fingerprint density at radius 1 is 1.20 bits per heavy atom. The SMILES string of the molecule is CC1CCc2ncnc(N3CCN(C(=O)N(CCN)Cc4ccc(I)cc4)CC3)c21. The van der Waals surface area contributed by atoms with Crippen LogP contribution >= 0.6 is 22.6 Å². The van der Waals surface area contributed by atoms with Gasteiger partial charge in [0, 0.05) is 60.6 Å². The molecule has 0 saturated carbocycles. The number of aromatic nitrogens is 2. The van der Waals surface area contributed by atoms with E-state index in [0.717, 1.165) is 37.3 Å². The van der Waals surface area contributed by atoms with Crippen molar-refractivity contribution in [3.05, 3.63) is 51.0 Å². The number of rotatable bonds is 5. The highest BCUT2D eigenvalue weighted by atomic mass is 127. The Morgan fingerprint density at radius 3 is 2.63 bits per heavy atom. The van der Waals surface area contributed by atoms with Gasteiger partial charge in [-0.05, 0) is 59.0 Å². The lowest BCUT2D eigenvalue weighted by Crippen LogP contribution is -2.53. The van der Waals surface area contributed by atoms with Crippen molar-refractivity contribution in [1.82, 2.24) is 19.8 Å². The van der Waals surface area contributed by atoms with Crippen LogP contribution in [0.4, 0.5) is 10.6 Å². The smallest absolute Gasteiger partial charge is 0.320 e. The van der Waals surface area contributed by atoms with E-state index in [2.05, 4.69) is 68.6 Å². The maximum Gasteiger partial charge on any atom is 0.320 e. The van der Waals surface area contributed by atoms with E-state index in [9.17, 15) is 4.79 Å². The third kappa shape index (κ3) is 4.54. The Kier molecular flexibility index (Phi) is 6.72. The van der Waals surface area contributed by atoms with E-state index < -0.39 is 0 Å². The molecule has 2 heterocycles. The minimum absolute atomic E-state index is 0.0694. The lowest BCUT2D eigenvalue weighted by molar-refractivity contribution is 0.148. The van der Waals surface area contributed by atoms with Gasteiger partial charge < -0.3 is 20.4 Å². The van der Waals surface area contributed by atoms with Crippen molar-refractivity contribution in [1.29, 1.82) is 0 Å². The first-order valence-electron chi connectivity index (χ1n) is 10.6. The second-order valence-electron chi connectivity index (χ2n) is 8.09. The number of amides is 2. The molecule has 1 aromatic heterocycles. The fourth-order valence-corrected chi connectivity index (χ4v) is 4.75. The molecule has 4 rings (SSSR count). The molecular formula is C22H29IN6O. The highest BCUT2D eigenvalue weighted by Crippen LogP contribution is 2.37. The topological polar surface area (TPSA) is 78.6 Å². The second kappa shape index (κ2) is 9.47. The van der Waals surface area contributed by atoms with Gasteiger partial charge in [0.05, 0.1) is 0 Å². The number of nitrogens with zero attached hydrogens (tertiary/aromatic N) is 5. The molecule has 8 heteroatoms. The van der Waals surface area contributed by atoms with E-state index in [1.165, 1.54) is 14.8 Å². The number of piperazine rings is 1. The maximum absolute atomic E-state index is 13.2. The molecule has 2 amide bonds. The van der Waals surface area contributed by atoms with Gasteiger partial charge >= 0.3 is 6.03 Å². The van der Waals surface area contributed by atoms with Gasteiger partial charge in [-0.2, -0.15) is 0 Å². The number of halogens is 1.